The van der Waals surface area contributed by atoms with Crippen LogP contribution in [0, 0.1) is 6.92 Å². The van der Waals surface area contributed by atoms with Crippen molar-refractivity contribution in [1.29, 1.82) is 0 Å². The van der Waals surface area contributed by atoms with Crippen LogP contribution in [0.5, 0.6) is 0 Å². The normalized spacial score (nSPS) is 10.6. The summed E-state index contributed by atoms with van der Waals surface area (Å²) in [4.78, 5) is 4.13. The van der Waals surface area contributed by atoms with Crippen LogP contribution in [-0.2, 0) is 6.54 Å². The van der Waals surface area contributed by atoms with Crippen LogP contribution in [0.2, 0.25) is 5.15 Å². The minimum Gasteiger partial charge on any atom is -0.378 e. The van der Waals surface area contributed by atoms with Crippen molar-refractivity contribution in [3.63, 3.8) is 0 Å². The van der Waals surface area contributed by atoms with Gasteiger partial charge in [-0.2, -0.15) is 5.10 Å². The van der Waals surface area contributed by atoms with Crippen molar-refractivity contribution in [1.82, 2.24) is 14.8 Å². The number of aromatic nitrogens is 3. The minimum absolute atomic E-state index is 0.482. The molecule has 0 aliphatic heterocycles. The van der Waals surface area contributed by atoms with E-state index < -0.39 is 0 Å². The van der Waals surface area contributed by atoms with E-state index >= 15 is 0 Å². The van der Waals surface area contributed by atoms with Crippen molar-refractivity contribution in [3.8, 4) is 5.69 Å². The highest BCUT2D eigenvalue weighted by atomic mass is 35.5. The van der Waals surface area contributed by atoms with Crippen LogP contribution < -0.4 is 5.32 Å². The quantitative estimate of drug-likeness (QED) is 0.744. The lowest BCUT2D eigenvalue weighted by atomic mass is 10.3. The Morgan fingerprint density at radius 3 is 2.81 bits per heavy atom. The van der Waals surface area contributed by atoms with E-state index in [-0.39, 0.29) is 0 Å². The van der Waals surface area contributed by atoms with E-state index in [4.69, 9.17) is 11.6 Å². The first-order valence-electron chi connectivity index (χ1n) is 6.67. The fourth-order valence-corrected chi connectivity index (χ4v) is 2.22. The lowest BCUT2D eigenvalue weighted by Gasteiger charge is -2.07. The number of hydrogen-bond donors (Lipinski definition) is 1. The Morgan fingerprint density at radius 2 is 2.00 bits per heavy atom. The summed E-state index contributed by atoms with van der Waals surface area (Å²) in [6.07, 6.45) is 5.59. The van der Waals surface area contributed by atoms with Crippen LogP contribution in [0.3, 0.4) is 0 Å². The predicted octanol–water partition coefficient (Wildman–Crippen LogP) is 3.84. The summed E-state index contributed by atoms with van der Waals surface area (Å²) in [6, 6.07) is 12.0. The van der Waals surface area contributed by atoms with Crippen LogP contribution in [0.15, 0.2) is 55.0 Å². The Balaban J connectivity index is 1.72. The van der Waals surface area contributed by atoms with Crippen LogP contribution in [0.25, 0.3) is 5.69 Å². The SMILES string of the molecule is Cc1cnc(Cl)c(NCc2cnn(-c3ccccc3)c2)c1. The van der Waals surface area contributed by atoms with Crippen molar-refractivity contribution >= 4 is 17.3 Å². The highest BCUT2D eigenvalue weighted by Crippen LogP contribution is 2.20. The number of halogens is 1. The Labute approximate surface area is 128 Å². The van der Waals surface area contributed by atoms with Crippen LogP contribution >= 0.6 is 11.6 Å². The predicted molar refractivity (Wildman–Crippen MR) is 84.9 cm³/mol. The Morgan fingerprint density at radius 1 is 1.19 bits per heavy atom. The minimum atomic E-state index is 0.482. The van der Waals surface area contributed by atoms with Crippen LogP contribution in [0.4, 0.5) is 5.69 Å². The maximum atomic E-state index is 6.07. The van der Waals surface area contributed by atoms with Crippen LogP contribution in [0.1, 0.15) is 11.1 Å². The van der Waals surface area contributed by atoms with Gasteiger partial charge in [0.1, 0.15) is 0 Å². The van der Waals surface area contributed by atoms with Gasteiger partial charge in [0.2, 0.25) is 0 Å². The third kappa shape index (κ3) is 3.23. The Hall–Kier alpha value is -2.33. The summed E-state index contributed by atoms with van der Waals surface area (Å²) < 4.78 is 1.85. The fourth-order valence-electron chi connectivity index (χ4n) is 2.05. The van der Waals surface area contributed by atoms with Gasteiger partial charge in [0.05, 0.1) is 17.6 Å². The van der Waals surface area contributed by atoms with Crippen molar-refractivity contribution in [2.24, 2.45) is 0 Å². The molecule has 21 heavy (non-hydrogen) atoms. The molecule has 0 bridgehead atoms. The highest BCUT2D eigenvalue weighted by Gasteiger charge is 2.04. The van der Waals surface area contributed by atoms with Gasteiger partial charge in [0, 0.05) is 24.5 Å². The van der Waals surface area contributed by atoms with E-state index in [0.717, 1.165) is 22.5 Å². The summed E-state index contributed by atoms with van der Waals surface area (Å²) in [7, 11) is 0. The van der Waals surface area contributed by atoms with Gasteiger partial charge in [0.25, 0.3) is 0 Å². The number of rotatable bonds is 4. The molecule has 5 heteroatoms. The summed E-state index contributed by atoms with van der Waals surface area (Å²) in [5.74, 6) is 0. The van der Waals surface area contributed by atoms with Gasteiger partial charge in [-0.3, -0.25) is 0 Å². The maximum Gasteiger partial charge on any atom is 0.152 e. The third-order valence-corrected chi connectivity index (χ3v) is 3.42. The van der Waals surface area contributed by atoms with Crippen molar-refractivity contribution in [2.45, 2.75) is 13.5 Å². The number of aryl methyl sites for hydroxylation is 1. The molecule has 0 unspecified atom stereocenters. The molecule has 0 radical (unpaired) electrons. The summed E-state index contributed by atoms with van der Waals surface area (Å²) in [5, 5.41) is 8.14. The maximum absolute atomic E-state index is 6.07. The molecule has 0 aliphatic rings. The second-order valence-electron chi connectivity index (χ2n) is 4.83. The number of anilines is 1. The van der Waals surface area contributed by atoms with E-state index in [1.165, 1.54) is 0 Å². The molecule has 0 saturated carbocycles. The Kier molecular flexibility index (Phi) is 3.88. The smallest absolute Gasteiger partial charge is 0.152 e. The van der Waals surface area contributed by atoms with Crippen molar-refractivity contribution < 1.29 is 0 Å². The number of nitrogens with one attached hydrogen (secondary N) is 1. The van der Waals surface area contributed by atoms with Gasteiger partial charge in [-0.1, -0.05) is 29.8 Å². The molecular weight excluding hydrogens is 284 g/mol. The largest absolute Gasteiger partial charge is 0.378 e. The zero-order chi connectivity index (χ0) is 14.7. The van der Waals surface area contributed by atoms with Gasteiger partial charge in [-0.05, 0) is 30.7 Å². The van der Waals surface area contributed by atoms with Crippen molar-refractivity contribution in [2.75, 3.05) is 5.32 Å². The van der Waals surface area contributed by atoms with Gasteiger partial charge in [0.15, 0.2) is 5.15 Å². The molecule has 106 valence electrons. The molecule has 3 rings (SSSR count). The second-order valence-corrected chi connectivity index (χ2v) is 5.19. The lowest BCUT2D eigenvalue weighted by molar-refractivity contribution is 0.880. The zero-order valence-corrected chi connectivity index (χ0v) is 12.4. The molecule has 1 N–H and O–H groups in total. The standard InChI is InChI=1S/C16H15ClN4/c1-12-7-15(16(17)19-8-12)18-9-13-10-20-21(11-13)14-5-3-2-4-6-14/h2-8,10-11,18H,9H2,1H3. The molecular formula is C16H15ClN4. The molecule has 2 heterocycles. The van der Waals surface area contributed by atoms with Gasteiger partial charge in [-0.25, -0.2) is 9.67 Å². The van der Waals surface area contributed by atoms with E-state index in [0.29, 0.717) is 11.7 Å². The molecule has 1 aromatic carbocycles. The summed E-state index contributed by atoms with van der Waals surface area (Å²) in [6.45, 7) is 2.64. The van der Waals surface area contributed by atoms with Crippen LogP contribution in [-0.4, -0.2) is 14.8 Å². The second kappa shape index (κ2) is 5.97. The van der Waals surface area contributed by atoms with E-state index in [1.54, 1.807) is 6.20 Å². The van der Waals surface area contributed by atoms with Crippen molar-refractivity contribution in [3.05, 3.63) is 71.3 Å². The number of nitrogens with zero attached hydrogens (tertiary/aromatic N) is 3. The van der Waals surface area contributed by atoms with E-state index in [1.807, 2.05) is 60.4 Å². The zero-order valence-electron chi connectivity index (χ0n) is 11.6. The average Bonchev–Trinajstić information content (AvgIpc) is 2.98. The molecule has 0 spiro atoms. The average molecular weight is 299 g/mol. The topological polar surface area (TPSA) is 42.7 Å². The summed E-state index contributed by atoms with van der Waals surface area (Å²) in [5.41, 5.74) is 4.03. The lowest BCUT2D eigenvalue weighted by Crippen LogP contribution is -2.00. The number of hydrogen-bond acceptors (Lipinski definition) is 3. The first kappa shape index (κ1) is 13.6. The molecule has 4 nitrogen and oxygen atoms in total. The summed E-state index contributed by atoms with van der Waals surface area (Å²) >= 11 is 6.07. The monoisotopic (exact) mass is 298 g/mol. The van der Waals surface area contributed by atoms with Gasteiger partial charge in [-0.15, -0.1) is 0 Å². The molecule has 3 aromatic rings. The number of benzene rings is 1. The third-order valence-electron chi connectivity index (χ3n) is 3.12. The number of para-hydroxylation sites is 1. The molecule has 0 saturated heterocycles. The van der Waals surface area contributed by atoms with Gasteiger partial charge < -0.3 is 5.32 Å². The molecule has 2 aromatic heterocycles. The van der Waals surface area contributed by atoms with E-state index in [2.05, 4.69) is 15.4 Å². The molecule has 0 amide bonds. The first-order valence-corrected chi connectivity index (χ1v) is 7.05. The first-order chi connectivity index (χ1) is 10.2. The highest BCUT2D eigenvalue weighted by molar-refractivity contribution is 6.31. The molecule has 0 fully saturated rings. The molecule has 0 atom stereocenters. The Bertz CT molecular complexity index is 737. The fraction of sp³-hybridized carbons (Fsp3) is 0.125. The van der Waals surface area contributed by atoms with Gasteiger partial charge >= 0.3 is 0 Å². The molecule has 0 aliphatic carbocycles. The number of pyridine rings is 1. The van der Waals surface area contributed by atoms with E-state index in [9.17, 15) is 0 Å².